The summed E-state index contributed by atoms with van der Waals surface area (Å²) < 4.78 is 109. The van der Waals surface area contributed by atoms with Crippen molar-refractivity contribution in [2.45, 2.75) is 111 Å². The summed E-state index contributed by atoms with van der Waals surface area (Å²) in [6.45, 7) is 11.5. The van der Waals surface area contributed by atoms with Gasteiger partial charge in [0.15, 0.2) is 24.6 Å². The van der Waals surface area contributed by atoms with Crippen LogP contribution >= 0.6 is 7.81 Å². The van der Waals surface area contributed by atoms with Crippen molar-refractivity contribution in [1.29, 1.82) is 0 Å². The number of aryl methyl sites for hydroxylation is 1. The van der Waals surface area contributed by atoms with Crippen molar-refractivity contribution in [3.63, 3.8) is 0 Å². The topological polar surface area (TPSA) is 121 Å². The molecule has 3 rings (SSSR count). The molecule has 0 bridgehead atoms. The fraction of sp³-hybridized carbons (Fsp3) is 0.635. The Balaban J connectivity index is 0.00000229. The monoisotopic (exact) mass is 1040 g/mol. The Hall–Kier alpha value is -3.90. The number of anilines is 1. The molecular weight excluding hydrogens is 958 g/mol. The van der Waals surface area contributed by atoms with Crippen molar-refractivity contribution in [2.75, 3.05) is 113 Å². The van der Waals surface area contributed by atoms with E-state index in [0.717, 1.165) is 59.5 Å². The molecule has 0 heterocycles. The maximum atomic E-state index is 11.3. The van der Waals surface area contributed by atoms with E-state index < -0.39 is 7.81 Å². The zero-order valence-electron chi connectivity index (χ0n) is 43.7. The zero-order valence-corrected chi connectivity index (χ0v) is 44.6. The molecule has 0 aromatic heterocycles. The van der Waals surface area contributed by atoms with Gasteiger partial charge < -0.3 is 53.0 Å². The van der Waals surface area contributed by atoms with Gasteiger partial charge in [0.05, 0.1) is 71.6 Å². The molecule has 0 amide bonds. The van der Waals surface area contributed by atoms with Crippen molar-refractivity contribution in [3.05, 3.63) is 81.3 Å². The second kappa shape index (κ2) is 31.6. The molecule has 0 saturated carbocycles. The number of halogens is 6. The Morgan fingerprint density at radius 2 is 1.01 bits per heavy atom. The van der Waals surface area contributed by atoms with Gasteiger partial charge in [0.1, 0.15) is 24.7 Å². The van der Waals surface area contributed by atoms with E-state index in [4.69, 9.17) is 37.9 Å². The van der Waals surface area contributed by atoms with Gasteiger partial charge in [-0.05, 0) is 71.8 Å². The quantitative estimate of drug-likeness (QED) is 0.0297. The molecule has 2 N–H and O–H groups in total. The Morgan fingerprint density at radius 3 is 1.44 bits per heavy atom. The van der Waals surface area contributed by atoms with Gasteiger partial charge in [-0.15, -0.1) is 0 Å². The van der Waals surface area contributed by atoms with Gasteiger partial charge in [-0.3, -0.25) is 0 Å². The van der Waals surface area contributed by atoms with Gasteiger partial charge in [0, 0.05) is 52.8 Å². The predicted octanol–water partition coefficient (Wildman–Crippen LogP) is 12.6. The summed E-state index contributed by atoms with van der Waals surface area (Å²) in [7, 11) is -0.618. The molecule has 0 fully saturated rings. The first-order valence-corrected chi connectivity index (χ1v) is 26.7. The SMILES string of the molecule is CCCCCCCCOc1cc(C(=C2C(OC)=CC(=[N+](CCOC)CCOC)C=C2OC)c2c(CO)cc(N(CCOC)CCOC)cc2CO)cc(C)c1OCCCCCCCC.F[P-](F)(F)(F)(F)F. The maximum absolute atomic E-state index is 11.3. The molecule has 0 atom stereocenters. The summed E-state index contributed by atoms with van der Waals surface area (Å²) in [4.78, 5) is 2.15. The standard InChI is InChI=1S/C52H83N2O10.F6P/c1-10-12-14-16-18-20-26-63-48-35-41(32-40(3)52(48)64-27-21-19-17-15-13-11-2)50(49-42(38-55)33-44(34-43(49)39-56)53(22-28-57-4)23-29-58-5)51-46(61-8)36-45(37-47(51)62-9)54(24-30-59-6)25-31-60-7;1-7(2,3,4,5)6/h32-37,55-56H,10-31,38-39H2,1-9H3;/q+1;-1. The summed E-state index contributed by atoms with van der Waals surface area (Å²) in [5, 5.41) is 22.7. The average molecular weight is 1040 g/mol. The number of ether oxygens (including phenoxy) is 8. The van der Waals surface area contributed by atoms with Crippen LogP contribution in [0.1, 0.15) is 119 Å². The second-order valence-electron chi connectivity index (χ2n) is 17.3. The normalized spacial score (nSPS) is 13.6. The average Bonchev–Trinajstić information content (AvgIpc) is 3.33. The minimum absolute atomic E-state index is 0.299. The fourth-order valence-electron chi connectivity index (χ4n) is 8.09. The molecule has 0 saturated heterocycles. The van der Waals surface area contributed by atoms with Gasteiger partial charge in [-0.1, -0.05) is 78.1 Å². The zero-order chi connectivity index (χ0) is 52.9. The van der Waals surface area contributed by atoms with Crippen molar-refractivity contribution in [3.8, 4) is 11.5 Å². The summed E-state index contributed by atoms with van der Waals surface area (Å²) in [6.07, 6.45) is 17.9. The number of hydrogen-bond donors (Lipinski definition) is 2. The van der Waals surface area contributed by atoms with Crippen LogP contribution in [0.5, 0.6) is 11.5 Å². The number of aliphatic hydroxyl groups is 2. The molecule has 0 aliphatic heterocycles. The van der Waals surface area contributed by atoms with E-state index in [9.17, 15) is 35.4 Å². The molecular formula is C52H83F6N2O10P. The number of methoxy groups -OCH3 is 6. The van der Waals surface area contributed by atoms with Crippen molar-refractivity contribution >= 4 is 24.8 Å². The first-order valence-electron chi connectivity index (χ1n) is 24.7. The third-order valence-corrected chi connectivity index (χ3v) is 11.6. The summed E-state index contributed by atoms with van der Waals surface area (Å²) in [6, 6.07) is 8.14. The van der Waals surface area contributed by atoms with Crippen LogP contribution in [0.2, 0.25) is 0 Å². The van der Waals surface area contributed by atoms with Crippen molar-refractivity contribution in [1.82, 2.24) is 0 Å². The van der Waals surface area contributed by atoms with E-state index in [0.29, 0.717) is 105 Å². The van der Waals surface area contributed by atoms with Crippen LogP contribution in [-0.2, 0) is 41.6 Å². The van der Waals surface area contributed by atoms with E-state index >= 15 is 0 Å². The Morgan fingerprint density at radius 1 is 0.577 bits per heavy atom. The second-order valence-corrected chi connectivity index (χ2v) is 19.2. The molecule has 1 aliphatic carbocycles. The molecule has 12 nitrogen and oxygen atoms in total. The van der Waals surface area contributed by atoms with Crippen LogP contribution in [0.3, 0.4) is 0 Å². The van der Waals surface area contributed by atoms with Crippen LogP contribution in [0.4, 0.5) is 30.9 Å². The summed E-state index contributed by atoms with van der Waals surface area (Å²) >= 11 is 0. The number of benzene rings is 2. The van der Waals surface area contributed by atoms with Gasteiger partial charge in [-0.2, -0.15) is 0 Å². The number of allylic oxidation sites excluding steroid dienone is 2. The molecule has 0 spiro atoms. The van der Waals surface area contributed by atoms with E-state index in [1.54, 1.807) is 42.7 Å². The molecule has 2 aromatic carbocycles. The van der Waals surface area contributed by atoms with Crippen molar-refractivity contribution in [2.24, 2.45) is 0 Å². The van der Waals surface area contributed by atoms with Gasteiger partial charge >= 0.3 is 33.0 Å². The van der Waals surface area contributed by atoms with E-state index in [1.807, 2.05) is 30.4 Å². The molecule has 2 aromatic rings. The van der Waals surface area contributed by atoms with E-state index in [-0.39, 0.29) is 13.2 Å². The van der Waals surface area contributed by atoms with Crippen LogP contribution in [-0.4, -0.2) is 129 Å². The Bertz CT molecular complexity index is 1950. The van der Waals surface area contributed by atoms with Crippen LogP contribution in [0.25, 0.3) is 5.57 Å². The third-order valence-electron chi connectivity index (χ3n) is 11.6. The molecule has 0 radical (unpaired) electrons. The van der Waals surface area contributed by atoms with Gasteiger partial charge in [0.25, 0.3) is 0 Å². The predicted molar refractivity (Wildman–Crippen MR) is 272 cm³/mol. The van der Waals surface area contributed by atoms with Gasteiger partial charge in [0.2, 0.25) is 5.71 Å². The van der Waals surface area contributed by atoms with E-state index in [2.05, 4.69) is 36.3 Å². The first kappa shape index (κ1) is 63.2. The van der Waals surface area contributed by atoms with Crippen LogP contribution in [0.15, 0.2) is 53.5 Å². The fourth-order valence-corrected chi connectivity index (χ4v) is 8.09. The number of rotatable bonds is 35. The van der Waals surface area contributed by atoms with Crippen LogP contribution < -0.4 is 14.4 Å². The molecule has 0 unspecified atom stereocenters. The summed E-state index contributed by atoms with van der Waals surface area (Å²) in [5.74, 6) is 2.50. The number of unbranched alkanes of at least 4 members (excludes halogenated alkanes) is 10. The number of nitrogens with zero attached hydrogens (tertiary/aromatic N) is 2. The van der Waals surface area contributed by atoms with Crippen molar-refractivity contribution < 1.29 is 77.9 Å². The molecule has 19 heteroatoms. The molecule has 1 aliphatic rings. The molecule has 71 heavy (non-hydrogen) atoms. The van der Waals surface area contributed by atoms with Gasteiger partial charge in [-0.25, -0.2) is 4.58 Å². The summed E-state index contributed by atoms with van der Waals surface area (Å²) in [5.41, 5.74) is 6.74. The minimum atomic E-state index is -10.7. The van der Waals surface area contributed by atoms with E-state index in [1.165, 1.54) is 51.4 Å². The molecule has 408 valence electrons. The van der Waals surface area contributed by atoms with Crippen LogP contribution in [0, 0.1) is 6.92 Å². The first-order chi connectivity index (χ1) is 33.7. The third kappa shape index (κ3) is 24.1. The number of hydrogen-bond acceptors (Lipinski definition) is 11. The number of aliphatic hydroxyl groups excluding tert-OH is 2. The Labute approximate surface area is 418 Å². The Kier molecular flexibility index (Phi) is 28.2.